The maximum Gasteiger partial charge on any atom is 0.221 e. The molecule has 8 heteroatoms. The van der Waals surface area contributed by atoms with E-state index in [9.17, 15) is 9.18 Å². The number of carbonyl (C=O) groups is 1. The van der Waals surface area contributed by atoms with Crippen LogP contribution >= 0.6 is 0 Å². The number of nitrogens with zero attached hydrogens (tertiary/aromatic N) is 5. The fourth-order valence-electron chi connectivity index (χ4n) is 3.03. The zero-order chi connectivity index (χ0) is 16.8. The normalized spacial score (nSPS) is 16.2. The Labute approximate surface area is 139 Å². The number of nitrogens with one attached hydrogen (secondary N) is 1. The average Bonchev–Trinajstić information content (AvgIpc) is 3.28. The minimum atomic E-state index is -0.225. The van der Waals surface area contributed by atoms with E-state index in [2.05, 4.69) is 25.7 Å². The van der Waals surface area contributed by atoms with Crippen LogP contribution in [0.3, 0.4) is 0 Å². The van der Waals surface area contributed by atoms with E-state index in [4.69, 9.17) is 0 Å². The predicted octanol–water partition coefficient (Wildman–Crippen LogP) is 1.16. The number of likely N-dealkylation sites (tertiary alicyclic amines) is 1. The van der Waals surface area contributed by atoms with Crippen LogP contribution in [0.1, 0.15) is 30.9 Å². The first-order valence-corrected chi connectivity index (χ1v) is 8.20. The fraction of sp³-hybridized carbons (Fsp3) is 0.500. The summed E-state index contributed by atoms with van der Waals surface area (Å²) in [5.41, 5.74) is 0.639. The Kier molecular flexibility index (Phi) is 5.47. The number of aryl methyl sites for hydroxylation is 1. The molecule has 1 aliphatic heterocycles. The molecule has 1 unspecified atom stereocenters. The summed E-state index contributed by atoms with van der Waals surface area (Å²) in [7, 11) is 0. The van der Waals surface area contributed by atoms with Gasteiger partial charge in [-0.3, -0.25) is 9.69 Å². The van der Waals surface area contributed by atoms with Crippen LogP contribution in [-0.2, 0) is 11.3 Å². The maximum atomic E-state index is 14.2. The molecule has 2 heterocycles. The van der Waals surface area contributed by atoms with E-state index >= 15 is 0 Å². The second-order valence-corrected chi connectivity index (χ2v) is 5.91. The van der Waals surface area contributed by atoms with Crippen LogP contribution in [0.5, 0.6) is 0 Å². The molecule has 1 N–H and O–H groups in total. The lowest BCUT2D eigenvalue weighted by molar-refractivity contribution is -0.121. The molecule has 0 saturated carbocycles. The molecule has 1 aromatic carbocycles. The second-order valence-electron chi connectivity index (χ2n) is 5.91. The van der Waals surface area contributed by atoms with E-state index in [1.807, 2.05) is 6.07 Å². The van der Waals surface area contributed by atoms with Crippen molar-refractivity contribution in [3.8, 4) is 0 Å². The second kappa shape index (κ2) is 7.96. The van der Waals surface area contributed by atoms with Crippen molar-refractivity contribution in [2.75, 3.05) is 19.6 Å². The van der Waals surface area contributed by atoms with Gasteiger partial charge in [0.15, 0.2) is 0 Å². The van der Waals surface area contributed by atoms with Crippen LogP contribution < -0.4 is 5.32 Å². The average molecular weight is 332 g/mol. The Bertz CT molecular complexity index is 656. The summed E-state index contributed by atoms with van der Waals surface area (Å²) in [6.45, 7) is 2.68. The SMILES string of the molecule is O=C(CCn1cnnn1)NCC(c1ccccc1F)N1CCCC1. The van der Waals surface area contributed by atoms with Gasteiger partial charge in [-0.25, -0.2) is 9.07 Å². The van der Waals surface area contributed by atoms with Gasteiger partial charge in [0.1, 0.15) is 12.1 Å². The number of rotatable bonds is 7. The van der Waals surface area contributed by atoms with E-state index in [1.165, 1.54) is 17.1 Å². The van der Waals surface area contributed by atoms with Crippen molar-refractivity contribution in [1.82, 2.24) is 30.4 Å². The Morgan fingerprint density at radius 3 is 2.79 bits per heavy atom. The highest BCUT2D eigenvalue weighted by Crippen LogP contribution is 2.26. The smallest absolute Gasteiger partial charge is 0.221 e. The molecule has 1 fully saturated rings. The quantitative estimate of drug-likeness (QED) is 0.823. The number of halogens is 1. The summed E-state index contributed by atoms with van der Waals surface area (Å²) in [6, 6.07) is 6.65. The minimum Gasteiger partial charge on any atom is -0.354 e. The van der Waals surface area contributed by atoms with Crippen molar-refractivity contribution >= 4 is 5.91 Å². The molecule has 7 nitrogen and oxygen atoms in total. The molecule has 24 heavy (non-hydrogen) atoms. The Morgan fingerprint density at radius 1 is 1.29 bits per heavy atom. The fourth-order valence-corrected chi connectivity index (χ4v) is 3.03. The standard InChI is InChI=1S/C16H21FN6O/c17-14-6-2-1-5-13(14)15(22-8-3-4-9-22)11-18-16(24)7-10-23-12-19-20-21-23/h1-2,5-6,12,15H,3-4,7-11H2,(H,18,24). The molecule has 1 atom stereocenters. The van der Waals surface area contributed by atoms with Gasteiger partial charge in [-0.2, -0.15) is 0 Å². The largest absolute Gasteiger partial charge is 0.354 e. The van der Waals surface area contributed by atoms with E-state index in [1.54, 1.807) is 12.1 Å². The van der Waals surface area contributed by atoms with Gasteiger partial charge < -0.3 is 5.32 Å². The first-order chi connectivity index (χ1) is 11.7. The highest BCUT2D eigenvalue weighted by atomic mass is 19.1. The Hall–Kier alpha value is -2.35. The highest BCUT2D eigenvalue weighted by Gasteiger charge is 2.25. The summed E-state index contributed by atoms with van der Waals surface area (Å²) in [4.78, 5) is 14.3. The van der Waals surface area contributed by atoms with Crippen molar-refractivity contribution in [2.45, 2.75) is 31.8 Å². The number of benzene rings is 1. The van der Waals surface area contributed by atoms with E-state index in [-0.39, 0.29) is 24.2 Å². The van der Waals surface area contributed by atoms with Crippen LogP contribution in [0, 0.1) is 5.82 Å². The number of hydrogen-bond donors (Lipinski definition) is 1. The lowest BCUT2D eigenvalue weighted by Gasteiger charge is -2.28. The molecule has 0 bridgehead atoms. The van der Waals surface area contributed by atoms with Gasteiger partial charge >= 0.3 is 0 Å². The van der Waals surface area contributed by atoms with Gasteiger partial charge in [0, 0.05) is 18.5 Å². The minimum absolute atomic E-state index is 0.0916. The number of carbonyl (C=O) groups excluding carboxylic acids is 1. The van der Waals surface area contributed by atoms with Crippen LogP contribution in [0.4, 0.5) is 4.39 Å². The van der Waals surface area contributed by atoms with Crippen LogP contribution in [0.25, 0.3) is 0 Å². The molecule has 0 aliphatic carbocycles. The topological polar surface area (TPSA) is 75.9 Å². The molecule has 1 amide bonds. The molecule has 0 radical (unpaired) electrons. The number of tetrazole rings is 1. The monoisotopic (exact) mass is 332 g/mol. The predicted molar refractivity (Wildman–Crippen MR) is 85.4 cm³/mol. The first kappa shape index (κ1) is 16.5. The molecular weight excluding hydrogens is 311 g/mol. The van der Waals surface area contributed by atoms with Gasteiger partial charge in [-0.15, -0.1) is 5.10 Å². The molecular formula is C16H21FN6O. The van der Waals surface area contributed by atoms with Gasteiger partial charge in [0.2, 0.25) is 5.91 Å². The van der Waals surface area contributed by atoms with Crippen molar-refractivity contribution in [2.24, 2.45) is 0 Å². The van der Waals surface area contributed by atoms with E-state index < -0.39 is 0 Å². The van der Waals surface area contributed by atoms with Gasteiger partial charge in [-0.05, 0) is 42.4 Å². The third-order valence-electron chi connectivity index (χ3n) is 4.30. The van der Waals surface area contributed by atoms with Crippen molar-refractivity contribution in [3.05, 3.63) is 42.0 Å². The maximum absolute atomic E-state index is 14.2. The lowest BCUT2D eigenvalue weighted by Crippen LogP contribution is -2.37. The zero-order valence-electron chi connectivity index (χ0n) is 13.4. The Balaban J connectivity index is 1.59. The van der Waals surface area contributed by atoms with E-state index in [0.717, 1.165) is 25.9 Å². The summed E-state index contributed by atoms with van der Waals surface area (Å²) in [5, 5.41) is 13.7. The van der Waals surface area contributed by atoms with E-state index in [0.29, 0.717) is 18.7 Å². The molecule has 2 aromatic rings. The first-order valence-electron chi connectivity index (χ1n) is 8.20. The summed E-state index contributed by atoms with van der Waals surface area (Å²) in [5.74, 6) is -0.316. The van der Waals surface area contributed by atoms with Crippen LogP contribution in [-0.4, -0.2) is 50.6 Å². The molecule has 128 valence electrons. The number of aromatic nitrogens is 4. The lowest BCUT2D eigenvalue weighted by atomic mass is 10.0. The third-order valence-corrected chi connectivity index (χ3v) is 4.30. The van der Waals surface area contributed by atoms with Gasteiger partial charge in [0.25, 0.3) is 0 Å². The summed E-state index contributed by atoms with van der Waals surface area (Å²) < 4.78 is 15.7. The third kappa shape index (κ3) is 4.14. The van der Waals surface area contributed by atoms with Crippen molar-refractivity contribution < 1.29 is 9.18 Å². The zero-order valence-corrected chi connectivity index (χ0v) is 13.4. The molecule has 1 saturated heterocycles. The molecule has 1 aromatic heterocycles. The Morgan fingerprint density at radius 2 is 2.08 bits per heavy atom. The van der Waals surface area contributed by atoms with Crippen molar-refractivity contribution in [3.63, 3.8) is 0 Å². The molecule has 1 aliphatic rings. The highest BCUT2D eigenvalue weighted by molar-refractivity contribution is 5.75. The van der Waals surface area contributed by atoms with Gasteiger partial charge in [-0.1, -0.05) is 18.2 Å². The number of hydrogen-bond acceptors (Lipinski definition) is 5. The van der Waals surface area contributed by atoms with Crippen LogP contribution in [0.2, 0.25) is 0 Å². The summed E-state index contributed by atoms with van der Waals surface area (Å²) in [6.07, 6.45) is 3.98. The molecule has 3 rings (SSSR count). The number of amides is 1. The molecule has 0 spiro atoms. The van der Waals surface area contributed by atoms with Crippen LogP contribution in [0.15, 0.2) is 30.6 Å². The van der Waals surface area contributed by atoms with Crippen molar-refractivity contribution in [1.29, 1.82) is 0 Å². The van der Waals surface area contributed by atoms with Gasteiger partial charge in [0.05, 0.1) is 12.6 Å². The summed E-state index contributed by atoms with van der Waals surface area (Å²) >= 11 is 0.